The molecule has 0 aliphatic carbocycles. The molecule has 2 amide bonds. The van der Waals surface area contributed by atoms with Crippen molar-refractivity contribution in [3.63, 3.8) is 0 Å². The van der Waals surface area contributed by atoms with E-state index >= 15 is 0 Å². The third kappa shape index (κ3) is 5.70. The molecule has 1 unspecified atom stereocenters. The van der Waals surface area contributed by atoms with Crippen LogP contribution in [-0.4, -0.2) is 52.8 Å². The number of carbonyl (C=O) groups is 3. The molecule has 38 heavy (non-hydrogen) atoms. The number of thioether (sulfide) groups is 1. The van der Waals surface area contributed by atoms with E-state index in [0.717, 1.165) is 10.5 Å². The van der Waals surface area contributed by atoms with Gasteiger partial charge in [0.05, 0.1) is 39.7 Å². The minimum absolute atomic E-state index is 0.152. The quantitative estimate of drug-likeness (QED) is 0.413. The Bertz CT molecular complexity index is 1320. The van der Waals surface area contributed by atoms with Crippen molar-refractivity contribution in [3.8, 4) is 17.2 Å². The van der Waals surface area contributed by atoms with Crippen LogP contribution in [0.2, 0.25) is 0 Å². The standard InChI is InChI=1S/C28H28N2O7S/c1-34-21-13-18(14-22(35-2)27(21)36-3)24-15-26(32)30(20-7-5-6-8-23(20)38-24)16-25(31)29-19-11-9-17(10-12-19)28(33)37-4/h5-14,24H,15-16H2,1-4H3,(H,29,31). The lowest BCUT2D eigenvalue weighted by molar-refractivity contribution is -0.121. The summed E-state index contributed by atoms with van der Waals surface area (Å²) in [5.74, 6) is 0.451. The molecule has 9 nitrogen and oxygen atoms in total. The number of fused-ring (bicyclic) bond motifs is 1. The minimum atomic E-state index is -0.464. The number of hydrogen-bond acceptors (Lipinski definition) is 8. The Balaban J connectivity index is 1.58. The molecular formula is C28H28N2O7S. The highest BCUT2D eigenvalue weighted by molar-refractivity contribution is 7.99. The summed E-state index contributed by atoms with van der Waals surface area (Å²) in [7, 11) is 5.94. The molecule has 0 spiro atoms. The molecule has 0 radical (unpaired) electrons. The van der Waals surface area contributed by atoms with E-state index in [1.54, 1.807) is 38.5 Å². The summed E-state index contributed by atoms with van der Waals surface area (Å²) in [5, 5.41) is 2.54. The van der Waals surface area contributed by atoms with Crippen LogP contribution in [0.5, 0.6) is 17.2 Å². The molecule has 1 aliphatic heterocycles. The zero-order chi connectivity index (χ0) is 27.2. The summed E-state index contributed by atoms with van der Waals surface area (Å²) in [5.41, 5.74) is 2.37. The van der Waals surface area contributed by atoms with Gasteiger partial charge >= 0.3 is 5.97 Å². The highest BCUT2D eigenvalue weighted by atomic mass is 32.2. The maximum absolute atomic E-state index is 13.5. The van der Waals surface area contributed by atoms with Crippen molar-refractivity contribution in [1.29, 1.82) is 0 Å². The highest BCUT2D eigenvalue weighted by Gasteiger charge is 2.31. The number of para-hydroxylation sites is 1. The molecule has 0 saturated heterocycles. The summed E-state index contributed by atoms with van der Waals surface area (Å²) in [6.07, 6.45) is 0.152. The summed E-state index contributed by atoms with van der Waals surface area (Å²) >= 11 is 1.54. The number of nitrogens with zero attached hydrogens (tertiary/aromatic N) is 1. The minimum Gasteiger partial charge on any atom is -0.493 e. The van der Waals surface area contributed by atoms with Crippen molar-refractivity contribution < 1.29 is 33.3 Å². The number of anilines is 2. The number of ether oxygens (including phenoxy) is 4. The SMILES string of the molecule is COC(=O)c1ccc(NC(=O)CN2C(=O)CC(c3cc(OC)c(OC)c(OC)c3)Sc3ccccc32)cc1. The van der Waals surface area contributed by atoms with Gasteiger partial charge in [-0.2, -0.15) is 0 Å². The fourth-order valence-corrected chi connectivity index (χ4v) is 5.44. The maximum Gasteiger partial charge on any atom is 0.337 e. The number of esters is 1. The van der Waals surface area contributed by atoms with Crippen LogP contribution in [-0.2, 0) is 14.3 Å². The van der Waals surface area contributed by atoms with E-state index < -0.39 is 5.97 Å². The Hall–Kier alpha value is -4.18. The van der Waals surface area contributed by atoms with Crippen LogP contribution < -0.4 is 24.4 Å². The molecule has 1 aliphatic rings. The zero-order valence-corrected chi connectivity index (χ0v) is 22.3. The van der Waals surface area contributed by atoms with Crippen LogP contribution in [0.3, 0.4) is 0 Å². The van der Waals surface area contributed by atoms with Crippen LogP contribution in [0.4, 0.5) is 11.4 Å². The van der Waals surface area contributed by atoms with E-state index in [2.05, 4.69) is 5.32 Å². The second-order valence-electron chi connectivity index (χ2n) is 8.33. The Morgan fingerprint density at radius 1 is 0.947 bits per heavy atom. The molecule has 0 fully saturated rings. The van der Waals surface area contributed by atoms with Gasteiger partial charge in [-0.25, -0.2) is 4.79 Å². The molecular weight excluding hydrogens is 508 g/mol. The molecule has 0 saturated carbocycles. The van der Waals surface area contributed by atoms with Gasteiger partial charge in [-0.1, -0.05) is 12.1 Å². The topological polar surface area (TPSA) is 103 Å². The largest absolute Gasteiger partial charge is 0.493 e. The number of hydrogen-bond donors (Lipinski definition) is 1. The fourth-order valence-electron chi connectivity index (χ4n) is 4.18. The summed E-state index contributed by atoms with van der Waals surface area (Å²) in [6, 6.07) is 17.5. The van der Waals surface area contributed by atoms with Gasteiger partial charge < -0.3 is 29.2 Å². The van der Waals surface area contributed by atoms with Crippen LogP contribution in [0.15, 0.2) is 65.6 Å². The number of nitrogens with one attached hydrogen (secondary N) is 1. The van der Waals surface area contributed by atoms with Gasteiger partial charge in [-0.3, -0.25) is 9.59 Å². The predicted octanol–water partition coefficient (Wildman–Crippen LogP) is 4.71. The normalized spacial score (nSPS) is 14.7. The number of carbonyl (C=O) groups excluding carboxylic acids is 3. The third-order valence-corrected chi connectivity index (χ3v) is 7.36. The van der Waals surface area contributed by atoms with Gasteiger partial charge in [0.1, 0.15) is 6.54 Å². The number of amides is 2. The van der Waals surface area contributed by atoms with Crippen LogP contribution >= 0.6 is 11.8 Å². The number of methoxy groups -OCH3 is 4. The summed E-state index contributed by atoms with van der Waals surface area (Å²) in [6.45, 7) is -0.170. The molecule has 1 heterocycles. The molecule has 10 heteroatoms. The van der Waals surface area contributed by atoms with E-state index in [4.69, 9.17) is 18.9 Å². The number of benzene rings is 3. The number of rotatable bonds is 8. The molecule has 4 rings (SSSR count). The Morgan fingerprint density at radius 2 is 1.61 bits per heavy atom. The third-order valence-electron chi connectivity index (χ3n) is 6.04. The van der Waals surface area contributed by atoms with Gasteiger partial charge in [0.15, 0.2) is 11.5 Å². The van der Waals surface area contributed by atoms with Gasteiger partial charge in [0, 0.05) is 22.3 Å². The second-order valence-corrected chi connectivity index (χ2v) is 9.58. The summed E-state index contributed by atoms with van der Waals surface area (Å²) < 4.78 is 21.2. The van der Waals surface area contributed by atoms with Crippen molar-refractivity contribution in [3.05, 3.63) is 71.8 Å². The van der Waals surface area contributed by atoms with E-state index in [-0.39, 0.29) is 30.0 Å². The molecule has 198 valence electrons. The van der Waals surface area contributed by atoms with Crippen LogP contribution in [0.1, 0.15) is 27.6 Å². The van der Waals surface area contributed by atoms with E-state index in [1.165, 1.54) is 30.9 Å². The van der Waals surface area contributed by atoms with Crippen molar-refractivity contribution in [1.82, 2.24) is 0 Å². The first kappa shape index (κ1) is 26.9. The van der Waals surface area contributed by atoms with Crippen LogP contribution in [0, 0.1) is 0 Å². The summed E-state index contributed by atoms with van der Waals surface area (Å²) in [4.78, 5) is 40.5. The molecule has 3 aromatic rings. The highest BCUT2D eigenvalue weighted by Crippen LogP contribution is 2.49. The predicted molar refractivity (Wildman–Crippen MR) is 145 cm³/mol. The van der Waals surface area contributed by atoms with Gasteiger partial charge in [-0.05, 0) is 54.1 Å². The molecule has 3 aromatic carbocycles. The zero-order valence-electron chi connectivity index (χ0n) is 21.5. The van der Waals surface area contributed by atoms with Crippen LogP contribution in [0.25, 0.3) is 0 Å². The molecule has 0 aromatic heterocycles. The smallest absolute Gasteiger partial charge is 0.337 e. The Morgan fingerprint density at radius 3 is 2.21 bits per heavy atom. The van der Waals surface area contributed by atoms with E-state index in [0.29, 0.717) is 34.2 Å². The first-order valence-corrected chi connectivity index (χ1v) is 12.6. The van der Waals surface area contributed by atoms with Crippen molar-refractivity contribution in [2.24, 2.45) is 0 Å². The molecule has 0 bridgehead atoms. The fraction of sp³-hybridized carbons (Fsp3) is 0.250. The average Bonchev–Trinajstić information content (AvgIpc) is 3.08. The lowest BCUT2D eigenvalue weighted by atomic mass is 10.1. The maximum atomic E-state index is 13.5. The lowest BCUT2D eigenvalue weighted by Crippen LogP contribution is -2.38. The molecule has 1 atom stereocenters. The lowest BCUT2D eigenvalue weighted by Gasteiger charge is -2.22. The van der Waals surface area contributed by atoms with E-state index in [9.17, 15) is 14.4 Å². The van der Waals surface area contributed by atoms with Crippen molar-refractivity contribution >= 4 is 40.9 Å². The van der Waals surface area contributed by atoms with Gasteiger partial charge in [-0.15, -0.1) is 11.8 Å². The Kier molecular flexibility index (Phi) is 8.42. The molecule has 1 N–H and O–H groups in total. The average molecular weight is 537 g/mol. The second kappa shape index (κ2) is 11.9. The Labute approximate surface area is 225 Å². The first-order chi connectivity index (χ1) is 18.4. The van der Waals surface area contributed by atoms with Crippen molar-refractivity contribution in [2.45, 2.75) is 16.6 Å². The first-order valence-electron chi connectivity index (χ1n) is 11.7. The van der Waals surface area contributed by atoms with E-state index in [1.807, 2.05) is 36.4 Å². The van der Waals surface area contributed by atoms with Gasteiger partial charge in [0.25, 0.3) is 0 Å². The van der Waals surface area contributed by atoms with Crippen molar-refractivity contribution in [2.75, 3.05) is 45.2 Å². The van der Waals surface area contributed by atoms with Gasteiger partial charge in [0.2, 0.25) is 17.6 Å². The monoisotopic (exact) mass is 536 g/mol.